The van der Waals surface area contributed by atoms with Crippen LogP contribution in [0.5, 0.6) is 0 Å². The van der Waals surface area contributed by atoms with Gasteiger partial charge in [0.25, 0.3) is 0 Å². The molecule has 0 saturated carbocycles. The van der Waals surface area contributed by atoms with Crippen LogP contribution in [0, 0.1) is 5.92 Å². The fourth-order valence-electron chi connectivity index (χ4n) is 1.58. The predicted molar refractivity (Wildman–Crippen MR) is 62.8 cm³/mol. The number of esters is 2. The van der Waals surface area contributed by atoms with Gasteiger partial charge in [0.1, 0.15) is 6.10 Å². The number of carbonyl (C=O) groups is 3. The molecule has 0 aliphatic heterocycles. The molecule has 6 heteroatoms. The van der Waals surface area contributed by atoms with Gasteiger partial charge in [-0.05, 0) is 12.8 Å². The van der Waals surface area contributed by atoms with E-state index in [0.29, 0.717) is 12.8 Å². The van der Waals surface area contributed by atoms with Crippen LogP contribution in [0.15, 0.2) is 0 Å². The first-order valence-electron chi connectivity index (χ1n) is 5.85. The zero-order chi connectivity index (χ0) is 14.1. The van der Waals surface area contributed by atoms with E-state index >= 15 is 0 Å². The molecule has 0 amide bonds. The topological polar surface area (TPSA) is 89.9 Å². The van der Waals surface area contributed by atoms with Crippen LogP contribution in [0.4, 0.5) is 0 Å². The van der Waals surface area contributed by atoms with Gasteiger partial charge in [-0.25, -0.2) is 0 Å². The summed E-state index contributed by atoms with van der Waals surface area (Å²) in [6.07, 6.45) is 0.475. The minimum absolute atomic E-state index is 0.0640. The second kappa shape index (κ2) is 8.49. The lowest BCUT2D eigenvalue weighted by Crippen LogP contribution is -2.26. The predicted octanol–water partition coefficient (Wildman–Crippen LogP) is 1.37. The summed E-state index contributed by atoms with van der Waals surface area (Å²) in [6.45, 7) is 4.56. The smallest absolute Gasteiger partial charge is 0.303 e. The lowest BCUT2D eigenvalue weighted by molar-refractivity contribution is -0.153. The van der Waals surface area contributed by atoms with E-state index in [0.717, 1.165) is 0 Å². The standard InChI is InChI=1S/C12H20O6/c1-8(7-12(15)16)11(18-10(3)14)5-4-6-17-9(2)13/h8,11H,4-7H2,1-3H3,(H,15,16)/t8-,11+/m1/s1. The minimum Gasteiger partial charge on any atom is -0.481 e. The molecule has 0 rings (SSSR count). The monoisotopic (exact) mass is 260 g/mol. The van der Waals surface area contributed by atoms with Crippen LogP contribution in [0.2, 0.25) is 0 Å². The highest BCUT2D eigenvalue weighted by atomic mass is 16.5. The van der Waals surface area contributed by atoms with Crippen LogP contribution in [0.3, 0.4) is 0 Å². The fraction of sp³-hybridized carbons (Fsp3) is 0.750. The second-order valence-corrected chi connectivity index (χ2v) is 4.21. The molecule has 0 bridgehead atoms. The first kappa shape index (κ1) is 16.4. The van der Waals surface area contributed by atoms with Crippen LogP contribution in [0.1, 0.15) is 40.0 Å². The average molecular weight is 260 g/mol. The van der Waals surface area contributed by atoms with Crippen LogP contribution in [0.25, 0.3) is 0 Å². The average Bonchev–Trinajstić information content (AvgIpc) is 2.20. The number of carboxylic acid groups (broad SMARTS) is 1. The van der Waals surface area contributed by atoms with Gasteiger partial charge in [0.15, 0.2) is 0 Å². The molecule has 104 valence electrons. The summed E-state index contributed by atoms with van der Waals surface area (Å²) < 4.78 is 9.84. The minimum atomic E-state index is -0.931. The molecule has 18 heavy (non-hydrogen) atoms. The van der Waals surface area contributed by atoms with Crippen LogP contribution >= 0.6 is 0 Å². The highest BCUT2D eigenvalue weighted by molar-refractivity contribution is 5.68. The Morgan fingerprint density at radius 2 is 1.78 bits per heavy atom. The summed E-state index contributed by atoms with van der Waals surface area (Å²) in [5.74, 6) is -2.01. The van der Waals surface area contributed by atoms with Crippen molar-refractivity contribution in [2.24, 2.45) is 5.92 Å². The number of rotatable bonds is 8. The Hall–Kier alpha value is -1.59. The molecule has 0 heterocycles. The van der Waals surface area contributed by atoms with E-state index in [-0.39, 0.29) is 24.9 Å². The van der Waals surface area contributed by atoms with Crippen molar-refractivity contribution in [1.29, 1.82) is 0 Å². The SMILES string of the molecule is CC(=O)OCCC[C@H](OC(C)=O)[C@H](C)CC(=O)O. The largest absolute Gasteiger partial charge is 0.481 e. The van der Waals surface area contributed by atoms with Crippen molar-refractivity contribution >= 4 is 17.9 Å². The molecular weight excluding hydrogens is 240 g/mol. The maximum absolute atomic E-state index is 10.9. The summed E-state index contributed by atoms with van der Waals surface area (Å²) in [5, 5.41) is 8.70. The van der Waals surface area contributed by atoms with E-state index in [2.05, 4.69) is 0 Å². The molecule has 0 unspecified atom stereocenters. The van der Waals surface area contributed by atoms with Gasteiger partial charge in [0.2, 0.25) is 0 Å². The lowest BCUT2D eigenvalue weighted by Gasteiger charge is -2.22. The Bertz CT molecular complexity index is 299. The Kier molecular flexibility index (Phi) is 7.74. The Balaban J connectivity index is 4.17. The zero-order valence-corrected chi connectivity index (χ0v) is 11.0. The molecule has 6 nitrogen and oxygen atoms in total. The van der Waals surface area contributed by atoms with Crippen molar-refractivity contribution in [2.75, 3.05) is 6.61 Å². The molecular formula is C12H20O6. The van der Waals surface area contributed by atoms with Crippen LogP contribution < -0.4 is 0 Å². The first-order chi connectivity index (χ1) is 8.32. The van der Waals surface area contributed by atoms with E-state index in [9.17, 15) is 14.4 Å². The van der Waals surface area contributed by atoms with Crippen molar-refractivity contribution < 1.29 is 29.0 Å². The summed E-state index contributed by atoms with van der Waals surface area (Å²) >= 11 is 0. The highest BCUT2D eigenvalue weighted by Gasteiger charge is 2.22. The molecule has 0 aromatic rings. The van der Waals surface area contributed by atoms with E-state index in [4.69, 9.17) is 14.6 Å². The van der Waals surface area contributed by atoms with Crippen molar-refractivity contribution in [3.63, 3.8) is 0 Å². The molecule has 2 atom stereocenters. The van der Waals surface area contributed by atoms with E-state index < -0.39 is 18.0 Å². The Labute approximate surface area is 106 Å². The molecule has 0 radical (unpaired) electrons. The summed E-state index contributed by atoms with van der Waals surface area (Å²) in [6, 6.07) is 0. The van der Waals surface area contributed by atoms with Crippen molar-refractivity contribution in [2.45, 2.75) is 46.1 Å². The number of carboxylic acids is 1. The van der Waals surface area contributed by atoms with Gasteiger partial charge < -0.3 is 14.6 Å². The molecule has 0 aliphatic carbocycles. The van der Waals surface area contributed by atoms with E-state index in [1.165, 1.54) is 13.8 Å². The number of ether oxygens (including phenoxy) is 2. The van der Waals surface area contributed by atoms with Gasteiger partial charge in [0, 0.05) is 19.8 Å². The van der Waals surface area contributed by atoms with Gasteiger partial charge in [-0.2, -0.15) is 0 Å². The summed E-state index contributed by atoms with van der Waals surface area (Å²) in [7, 11) is 0. The van der Waals surface area contributed by atoms with Gasteiger partial charge in [-0.1, -0.05) is 6.92 Å². The van der Waals surface area contributed by atoms with E-state index in [1.807, 2.05) is 0 Å². The van der Waals surface area contributed by atoms with Crippen molar-refractivity contribution in [1.82, 2.24) is 0 Å². The van der Waals surface area contributed by atoms with Gasteiger partial charge in [-0.3, -0.25) is 14.4 Å². The molecule has 0 aromatic heterocycles. The van der Waals surface area contributed by atoms with Crippen molar-refractivity contribution in [3.05, 3.63) is 0 Å². The van der Waals surface area contributed by atoms with Gasteiger partial charge in [-0.15, -0.1) is 0 Å². The number of aliphatic carboxylic acids is 1. The Morgan fingerprint density at radius 1 is 1.17 bits per heavy atom. The number of hydrogen-bond donors (Lipinski definition) is 1. The lowest BCUT2D eigenvalue weighted by atomic mass is 9.97. The summed E-state index contributed by atoms with van der Waals surface area (Å²) in [4.78, 5) is 32.1. The molecule has 0 aliphatic rings. The zero-order valence-electron chi connectivity index (χ0n) is 11.0. The van der Waals surface area contributed by atoms with Crippen molar-refractivity contribution in [3.8, 4) is 0 Å². The maximum atomic E-state index is 10.9. The quantitative estimate of drug-likeness (QED) is 0.523. The third-order valence-corrected chi connectivity index (χ3v) is 2.39. The third-order valence-electron chi connectivity index (χ3n) is 2.39. The van der Waals surface area contributed by atoms with Crippen LogP contribution in [-0.2, 0) is 23.9 Å². The fourth-order valence-corrected chi connectivity index (χ4v) is 1.58. The third kappa shape index (κ3) is 8.55. The maximum Gasteiger partial charge on any atom is 0.303 e. The second-order valence-electron chi connectivity index (χ2n) is 4.21. The highest BCUT2D eigenvalue weighted by Crippen LogP contribution is 2.17. The number of carbonyl (C=O) groups excluding carboxylic acids is 2. The van der Waals surface area contributed by atoms with Gasteiger partial charge in [0.05, 0.1) is 13.0 Å². The molecule has 0 aromatic carbocycles. The molecule has 1 N–H and O–H groups in total. The first-order valence-corrected chi connectivity index (χ1v) is 5.85. The Morgan fingerprint density at radius 3 is 2.22 bits per heavy atom. The molecule has 0 spiro atoms. The van der Waals surface area contributed by atoms with E-state index in [1.54, 1.807) is 6.92 Å². The van der Waals surface area contributed by atoms with Crippen LogP contribution in [-0.4, -0.2) is 35.7 Å². The normalized spacial score (nSPS) is 13.5. The van der Waals surface area contributed by atoms with Gasteiger partial charge >= 0.3 is 17.9 Å². The molecule has 0 saturated heterocycles. The number of hydrogen-bond acceptors (Lipinski definition) is 5. The summed E-state index contributed by atoms with van der Waals surface area (Å²) in [5.41, 5.74) is 0. The molecule has 0 fully saturated rings.